The zero-order chi connectivity index (χ0) is 12.5. The molecule has 1 heterocycles. The van der Waals surface area contributed by atoms with Crippen LogP contribution in [-0.4, -0.2) is 10.4 Å². The summed E-state index contributed by atoms with van der Waals surface area (Å²) in [6, 6.07) is 11.4. The number of fused-ring (bicyclic) bond motifs is 1. The van der Waals surface area contributed by atoms with Crippen molar-refractivity contribution in [1.29, 1.82) is 5.26 Å². The predicted molar refractivity (Wildman–Crippen MR) is 67.8 cm³/mol. The molecule has 18 heavy (non-hydrogen) atoms. The van der Waals surface area contributed by atoms with Gasteiger partial charge in [-0.2, -0.15) is 5.26 Å². The summed E-state index contributed by atoms with van der Waals surface area (Å²) in [5.41, 5.74) is 3.60. The highest BCUT2D eigenvalue weighted by molar-refractivity contribution is 5.98. The van der Waals surface area contributed by atoms with Crippen LogP contribution in [0.3, 0.4) is 0 Å². The summed E-state index contributed by atoms with van der Waals surface area (Å²) < 4.78 is 2.05. The lowest BCUT2D eigenvalue weighted by Crippen LogP contribution is -2.12. The maximum atomic E-state index is 11.8. The molecule has 3 heteroatoms. The molecule has 1 aliphatic carbocycles. The second-order valence-electron chi connectivity index (χ2n) is 4.48. The van der Waals surface area contributed by atoms with Gasteiger partial charge in [-0.05, 0) is 43.2 Å². The van der Waals surface area contributed by atoms with E-state index in [1.165, 1.54) is 0 Å². The van der Waals surface area contributed by atoms with Crippen molar-refractivity contribution in [3.8, 4) is 11.8 Å². The number of nitrogens with zero attached hydrogens (tertiary/aromatic N) is 2. The Bertz CT molecular complexity index is 644. The first-order valence-electron chi connectivity index (χ1n) is 6.03. The van der Waals surface area contributed by atoms with E-state index < -0.39 is 0 Å². The van der Waals surface area contributed by atoms with Gasteiger partial charge >= 0.3 is 0 Å². The lowest BCUT2D eigenvalue weighted by molar-refractivity contribution is 0.0972. The summed E-state index contributed by atoms with van der Waals surface area (Å²) in [5.74, 6) is 0.239. The third-order valence-electron chi connectivity index (χ3n) is 3.38. The van der Waals surface area contributed by atoms with Crippen LogP contribution in [-0.2, 0) is 6.42 Å². The lowest BCUT2D eigenvalue weighted by Gasteiger charge is -2.14. The molecule has 0 saturated heterocycles. The van der Waals surface area contributed by atoms with Crippen molar-refractivity contribution in [2.24, 2.45) is 0 Å². The van der Waals surface area contributed by atoms with Crippen molar-refractivity contribution in [3.05, 3.63) is 53.3 Å². The molecule has 0 saturated carbocycles. The highest BCUT2D eigenvalue weighted by Crippen LogP contribution is 2.25. The lowest BCUT2D eigenvalue weighted by atomic mass is 9.97. The number of hydrogen-bond donors (Lipinski definition) is 0. The molecule has 0 fully saturated rings. The monoisotopic (exact) mass is 236 g/mol. The van der Waals surface area contributed by atoms with Gasteiger partial charge in [0.1, 0.15) is 0 Å². The van der Waals surface area contributed by atoms with Crippen LogP contribution in [0.5, 0.6) is 0 Å². The van der Waals surface area contributed by atoms with Crippen molar-refractivity contribution in [2.45, 2.75) is 19.3 Å². The van der Waals surface area contributed by atoms with Crippen LogP contribution >= 0.6 is 0 Å². The maximum absolute atomic E-state index is 11.8. The summed E-state index contributed by atoms with van der Waals surface area (Å²) in [5, 5.41) is 8.78. The van der Waals surface area contributed by atoms with Gasteiger partial charge in [-0.25, -0.2) is 0 Å². The van der Waals surface area contributed by atoms with Gasteiger partial charge in [0.15, 0.2) is 5.78 Å². The van der Waals surface area contributed by atoms with Crippen molar-refractivity contribution in [2.75, 3.05) is 0 Å². The molecular weight excluding hydrogens is 224 g/mol. The van der Waals surface area contributed by atoms with Gasteiger partial charge in [-0.1, -0.05) is 0 Å². The van der Waals surface area contributed by atoms with Gasteiger partial charge in [0, 0.05) is 29.6 Å². The number of rotatable bonds is 1. The van der Waals surface area contributed by atoms with Crippen LogP contribution in [0.25, 0.3) is 5.69 Å². The van der Waals surface area contributed by atoms with Crippen LogP contribution in [0, 0.1) is 11.3 Å². The van der Waals surface area contributed by atoms with Gasteiger partial charge in [-0.3, -0.25) is 4.79 Å². The van der Waals surface area contributed by atoms with E-state index in [1.54, 1.807) is 12.1 Å². The van der Waals surface area contributed by atoms with Crippen molar-refractivity contribution in [3.63, 3.8) is 0 Å². The molecule has 0 aliphatic heterocycles. The van der Waals surface area contributed by atoms with Crippen LogP contribution in [0.1, 0.15) is 34.5 Å². The zero-order valence-corrected chi connectivity index (χ0v) is 9.89. The number of carbonyl (C=O) groups excluding carboxylic acids is 1. The smallest absolute Gasteiger partial charge is 0.164 e. The average Bonchev–Trinajstić information content (AvgIpc) is 2.84. The number of hydrogen-bond acceptors (Lipinski definition) is 2. The van der Waals surface area contributed by atoms with Gasteiger partial charge in [0.25, 0.3) is 0 Å². The summed E-state index contributed by atoms with van der Waals surface area (Å²) in [6.07, 6.45) is 4.46. The van der Waals surface area contributed by atoms with E-state index in [0.717, 1.165) is 29.8 Å². The SMILES string of the molecule is N#Cc1ccc(-n2ccc3c2CCCC3=O)cc1. The molecular formula is C15H12N2O. The van der Waals surface area contributed by atoms with E-state index >= 15 is 0 Å². The minimum Gasteiger partial charge on any atom is -0.320 e. The highest BCUT2D eigenvalue weighted by atomic mass is 16.1. The van der Waals surface area contributed by atoms with E-state index in [9.17, 15) is 4.79 Å². The topological polar surface area (TPSA) is 45.8 Å². The Kier molecular flexibility index (Phi) is 2.49. The molecule has 0 unspecified atom stereocenters. The molecule has 1 aromatic carbocycles. The first-order valence-corrected chi connectivity index (χ1v) is 6.03. The summed E-state index contributed by atoms with van der Waals surface area (Å²) in [4.78, 5) is 11.8. The summed E-state index contributed by atoms with van der Waals surface area (Å²) in [7, 11) is 0. The molecule has 0 radical (unpaired) electrons. The summed E-state index contributed by atoms with van der Waals surface area (Å²) >= 11 is 0. The summed E-state index contributed by atoms with van der Waals surface area (Å²) in [6.45, 7) is 0. The third-order valence-corrected chi connectivity index (χ3v) is 3.38. The molecule has 3 rings (SSSR count). The Balaban J connectivity index is 2.07. The fourth-order valence-corrected chi connectivity index (χ4v) is 2.46. The molecule has 3 nitrogen and oxygen atoms in total. The molecule has 0 atom stereocenters. The molecule has 2 aromatic rings. The quantitative estimate of drug-likeness (QED) is 0.764. The number of carbonyl (C=O) groups is 1. The Morgan fingerprint density at radius 3 is 2.61 bits per heavy atom. The Hall–Kier alpha value is -2.34. The highest BCUT2D eigenvalue weighted by Gasteiger charge is 2.20. The normalized spacial score (nSPS) is 14.1. The number of nitriles is 1. The van der Waals surface area contributed by atoms with Gasteiger partial charge in [-0.15, -0.1) is 0 Å². The second-order valence-corrected chi connectivity index (χ2v) is 4.48. The molecule has 0 bridgehead atoms. The van der Waals surface area contributed by atoms with Crippen LogP contribution in [0.15, 0.2) is 36.5 Å². The molecule has 1 aromatic heterocycles. The largest absolute Gasteiger partial charge is 0.320 e. The number of aromatic nitrogens is 1. The van der Waals surface area contributed by atoms with E-state index in [-0.39, 0.29) is 5.78 Å². The second kappa shape index (κ2) is 4.15. The van der Waals surface area contributed by atoms with Gasteiger partial charge in [0.05, 0.1) is 11.6 Å². The van der Waals surface area contributed by atoms with Crippen molar-refractivity contribution in [1.82, 2.24) is 4.57 Å². The molecule has 1 aliphatic rings. The minimum absolute atomic E-state index is 0.239. The van der Waals surface area contributed by atoms with E-state index in [1.807, 2.05) is 29.0 Å². The van der Waals surface area contributed by atoms with E-state index in [4.69, 9.17) is 5.26 Å². The molecule has 0 N–H and O–H groups in total. The average molecular weight is 236 g/mol. The van der Waals surface area contributed by atoms with Crippen LogP contribution < -0.4 is 0 Å². The number of ketones is 1. The first-order chi connectivity index (χ1) is 8.79. The standard InChI is InChI=1S/C15H12N2O/c16-10-11-4-6-12(7-5-11)17-9-8-13-14(17)2-1-3-15(13)18/h4-9H,1-3H2. The Morgan fingerprint density at radius 1 is 1.11 bits per heavy atom. The zero-order valence-electron chi connectivity index (χ0n) is 9.89. The van der Waals surface area contributed by atoms with Gasteiger partial charge < -0.3 is 4.57 Å². The van der Waals surface area contributed by atoms with E-state index in [0.29, 0.717) is 12.0 Å². The first kappa shape index (κ1) is 10.8. The predicted octanol–water partition coefficient (Wildman–Crippen LogP) is 2.87. The molecule has 0 spiro atoms. The van der Waals surface area contributed by atoms with Crippen molar-refractivity contribution >= 4 is 5.78 Å². The Morgan fingerprint density at radius 2 is 1.89 bits per heavy atom. The fraction of sp³-hybridized carbons (Fsp3) is 0.200. The molecule has 0 amide bonds. The minimum atomic E-state index is 0.239. The van der Waals surface area contributed by atoms with Crippen LogP contribution in [0.2, 0.25) is 0 Å². The number of Topliss-reactive ketones (excluding diaryl/α,β-unsaturated/α-hetero) is 1. The van der Waals surface area contributed by atoms with Crippen LogP contribution in [0.4, 0.5) is 0 Å². The van der Waals surface area contributed by atoms with Crippen molar-refractivity contribution < 1.29 is 4.79 Å². The number of benzene rings is 1. The van der Waals surface area contributed by atoms with Gasteiger partial charge in [0.2, 0.25) is 0 Å². The fourth-order valence-electron chi connectivity index (χ4n) is 2.46. The maximum Gasteiger partial charge on any atom is 0.164 e. The third kappa shape index (κ3) is 1.63. The van der Waals surface area contributed by atoms with E-state index in [2.05, 4.69) is 6.07 Å². The molecule has 88 valence electrons. The Labute approximate surface area is 105 Å².